The minimum Gasteiger partial charge on any atom is -0.497 e. The number of ether oxygens (including phenoxy) is 1. The van der Waals surface area contributed by atoms with E-state index in [-0.39, 0.29) is 0 Å². The van der Waals surface area contributed by atoms with Crippen molar-refractivity contribution in [3.05, 3.63) is 45.4 Å². The highest BCUT2D eigenvalue weighted by molar-refractivity contribution is 7.11. The Morgan fingerprint density at radius 3 is 2.59 bits per heavy atom. The van der Waals surface area contributed by atoms with Crippen molar-refractivity contribution in [1.82, 2.24) is 10.3 Å². The predicted molar refractivity (Wildman–Crippen MR) is 92.1 cm³/mol. The summed E-state index contributed by atoms with van der Waals surface area (Å²) in [6, 6.07) is 8.32. The molecular weight excluding hydrogens is 292 g/mol. The second-order valence-corrected chi connectivity index (χ2v) is 6.94. The first-order valence-electron chi connectivity index (χ1n) is 8.12. The average molecular weight is 316 g/mol. The van der Waals surface area contributed by atoms with Crippen molar-refractivity contribution in [3.8, 4) is 5.75 Å². The van der Waals surface area contributed by atoms with E-state index in [0.717, 1.165) is 31.7 Å². The van der Waals surface area contributed by atoms with Gasteiger partial charge in [0.15, 0.2) is 0 Å². The number of piperidine rings is 1. The maximum atomic E-state index is 5.22. The van der Waals surface area contributed by atoms with Gasteiger partial charge >= 0.3 is 0 Å². The highest BCUT2D eigenvalue weighted by Crippen LogP contribution is 2.34. The molecule has 3 rings (SSSR count). The molecule has 0 atom stereocenters. The molecule has 0 amide bonds. The number of hydrogen-bond acceptors (Lipinski definition) is 4. The molecular formula is C18H24N2OS. The molecule has 2 heterocycles. The van der Waals surface area contributed by atoms with E-state index in [4.69, 9.17) is 9.72 Å². The van der Waals surface area contributed by atoms with Gasteiger partial charge < -0.3 is 10.1 Å². The second kappa shape index (κ2) is 7.25. The molecule has 3 nitrogen and oxygen atoms in total. The molecule has 1 aliphatic rings. The fourth-order valence-electron chi connectivity index (χ4n) is 3.06. The molecule has 1 N–H and O–H groups in total. The van der Waals surface area contributed by atoms with E-state index >= 15 is 0 Å². The molecule has 1 aromatic heterocycles. The van der Waals surface area contributed by atoms with Gasteiger partial charge in [0.2, 0.25) is 0 Å². The van der Waals surface area contributed by atoms with Gasteiger partial charge in [0.25, 0.3) is 0 Å². The number of nitrogens with zero attached hydrogens (tertiary/aromatic N) is 1. The molecule has 0 bridgehead atoms. The van der Waals surface area contributed by atoms with Gasteiger partial charge in [-0.05, 0) is 56.0 Å². The van der Waals surface area contributed by atoms with Gasteiger partial charge in [-0.15, -0.1) is 11.3 Å². The summed E-state index contributed by atoms with van der Waals surface area (Å²) >= 11 is 1.93. The quantitative estimate of drug-likeness (QED) is 0.912. The van der Waals surface area contributed by atoms with Crippen LogP contribution in [0.1, 0.15) is 46.8 Å². The number of aromatic nitrogens is 1. The van der Waals surface area contributed by atoms with Crippen LogP contribution in [-0.2, 0) is 12.8 Å². The van der Waals surface area contributed by atoms with Gasteiger partial charge in [0.05, 0.1) is 17.8 Å². The molecule has 2 aromatic rings. The molecule has 1 aromatic carbocycles. The lowest BCUT2D eigenvalue weighted by atomic mass is 9.95. The predicted octanol–water partition coefficient (Wildman–Crippen LogP) is 3.77. The Balaban J connectivity index is 1.77. The molecule has 1 saturated heterocycles. The third-order valence-corrected chi connectivity index (χ3v) is 5.59. The fraction of sp³-hybridized carbons (Fsp3) is 0.500. The summed E-state index contributed by atoms with van der Waals surface area (Å²) in [4.78, 5) is 6.44. The van der Waals surface area contributed by atoms with E-state index < -0.39 is 0 Å². The highest BCUT2D eigenvalue weighted by Gasteiger charge is 2.21. The molecule has 0 aliphatic carbocycles. The van der Waals surface area contributed by atoms with E-state index in [0.29, 0.717) is 5.92 Å². The van der Waals surface area contributed by atoms with E-state index in [2.05, 4.69) is 24.4 Å². The number of rotatable bonds is 5. The Morgan fingerprint density at radius 1 is 1.23 bits per heavy atom. The van der Waals surface area contributed by atoms with Crippen LogP contribution in [-0.4, -0.2) is 25.2 Å². The van der Waals surface area contributed by atoms with E-state index in [9.17, 15) is 0 Å². The maximum Gasteiger partial charge on any atom is 0.118 e. The Morgan fingerprint density at radius 2 is 1.95 bits per heavy atom. The zero-order valence-electron chi connectivity index (χ0n) is 13.4. The Bertz CT molecular complexity index is 600. The summed E-state index contributed by atoms with van der Waals surface area (Å²) in [6.07, 6.45) is 4.46. The molecule has 22 heavy (non-hydrogen) atoms. The largest absolute Gasteiger partial charge is 0.497 e. The zero-order chi connectivity index (χ0) is 15.4. The fourth-order valence-corrected chi connectivity index (χ4v) is 4.42. The Labute approximate surface area is 136 Å². The molecule has 0 saturated carbocycles. The number of methoxy groups -OCH3 is 1. The molecule has 4 heteroatoms. The smallest absolute Gasteiger partial charge is 0.118 e. The van der Waals surface area contributed by atoms with Crippen molar-refractivity contribution in [3.63, 3.8) is 0 Å². The van der Waals surface area contributed by atoms with Crippen molar-refractivity contribution in [2.45, 2.75) is 38.5 Å². The molecule has 0 radical (unpaired) electrons. The molecule has 1 aliphatic heterocycles. The first-order valence-corrected chi connectivity index (χ1v) is 8.94. The molecule has 1 fully saturated rings. The number of benzene rings is 1. The topological polar surface area (TPSA) is 34.1 Å². The van der Waals surface area contributed by atoms with Crippen LogP contribution in [0.2, 0.25) is 0 Å². The number of nitrogens with one attached hydrogen (secondary N) is 1. The normalized spacial score (nSPS) is 15.9. The van der Waals surface area contributed by atoms with Crippen molar-refractivity contribution in [2.24, 2.45) is 0 Å². The van der Waals surface area contributed by atoms with Gasteiger partial charge in [-0.3, -0.25) is 0 Å². The lowest BCUT2D eigenvalue weighted by Gasteiger charge is -2.22. The van der Waals surface area contributed by atoms with Gasteiger partial charge in [-0.25, -0.2) is 4.98 Å². The lowest BCUT2D eigenvalue weighted by molar-refractivity contribution is 0.414. The second-order valence-electron chi connectivity index (χ2n) is 5.82. The van der Waals surface area contributed by atoms with Crippen LogP contribution in [0.5, 0.6) is 5.75 Å². The van der Waals surface area contributed by atoms with Crippen molar-refractivity contribution >= 4 is 11.3 Å². The first kappa shape index (κ1) is 15.5. The Hall–Kier alpha value is -1.39. The van der Waals surface area contributed by atoms with Crippen LogP contribution in [0.15, 0.2) is 24.3 Å². The third kappa shape index (κ3) is 3.50. The highest BCUT2D eigenvalue weighted by atomic mass is 32.1. The lowest BCUT2D eigenvalue weighted by Crippen LogP contribution is -2.26. The Kier molecular flexibility index (Phi) is 5.11. The van der Waals surface area contributed by atoms with Crippen molar-refractivity contribution in [2.75, 3.05) is 20.2 Å². The summed E-state index contributed by atoms with van der Waals surface area (Å²) < 4.78 is 5.22. The van der Waals surface area contributed by atoms with Crippen LogP contribution < -0.4 is 10.1 Å². The maximum absolute atomic E-state index is 5.22. The number of thiazole rings is 1. The van der Waals surface area contributed by atoms with Crippen LogP contribution in [0.25, 0.3) is 0 Å². The molecule has 118 valence electrons. The van der Waals surface area contributed by atoms with E-state index in [1.54, 1.807) is 7.11 Å². The molecule has 0 unspecified atom stereocenters. The summed E-state index contributed by atoms with van der Waals surface area (Å²) in [5.74, 6) is 1.62. The standard InChI is InChI=1S/C18H24N2OS/c1-3-16-18(14-8-10-19-11-9-14)22-17(20-16)12-13-4-6-15(21-2)7-5-13/h4-7,14,19H,3,8-12H2,1-2H3. The summed E-state index contributed by atoms with van der Waals surface area (Å²) in [6.45, 7) is 4.50. The van der Waals surface area contributed by atoms with Gasteiger partial charge in [-0.2, -0.15) is 0 Å². The van der Waals surface area contributed by atoms with E-state index in [1.807, 2.05) is 23.5 Å². The van der Waals surface area contributed by atoms with Crippen LogP contribution in [0, 0.1) is 0 Å². The average Bonchev–Trinajstić information content (AvgIpc) is 2.99. The number of hydrogen-bond donors (Lipinski definition) is 1. The minimum absolute atomic E-state index is 0.707. The first-order chi connectivity index (χ1) is 10.8. The van der Waals surface area contributed by atoms with E-state index in [1.165, 1.54) is 34.0 Å². The van der Waals surface area contributed by atoms with Gasteiger partial charge in [0.1, 0.15) is 5.75 Å². The van der Waals surface area contributed by atoms with Crippen molar-refractivity contribution in [1.29, 1.82) is 0 Å². The summed E-state index contributed by atoms with van der Waals surface area (Å²) in [5.41, 5.74) is 2.62. The summed E-state index contributed by atoms with van der Waals surface area (Å²) in [5, 5.41) is 4.70. The monoisotopic (exact) mass is 316 g/mol. The van der Waals surface area contributed by atoms with Gasteiger partial charge in [0, 0.05) is 11.3 Å². The number of aryl methyl sites for hydroxylation is 1. The third-order valence-electron chi connectivity index (χ3n) is 4.33. The van der Waals surface area contributed by atoms with Crippen LogP contribution in [0.4, 0.5) is 0 Å². The zero-order valence-corrected chi connectivity index (χ0v) is 14.2. The van der Waals surface area contributed by atoms with Crippen molar-refractivity contribution < 1.29 is 4.74 Å². The summed E-state index contributed by atoms with van der Waals surface area (Å²) in [7, 11) is 1.70. The van der Waals surface area contributed by atoms with Crippen LogP contribution >= 0.6 is 11.3 Å². The van der Waals surface area contributed by atoms with Gasteiger partial charge in [-0.1, -0.05) is 19.1 Å². The van der Waals surface area contributed by atoms with Crippen LogP contribution in [0.3, 0.4) is 0 Å². The SMILES string of the molecule is CCc1nc(Cc2ccc(OC)cc2)sc1C1CCNCC1. The molecule has 0 spiro atoms. The minimum atomic E-state index is 0.707.